The van der Waals surface area contributed by atoms with Gasteiger partial charge >= 0.3 is 6.18 Å². The molecule has 3 nitrogen and oxygen atoms in total. The van der Waals surface area contributed by atoms with E-state index in [2.05, 4.69) is 5.10 Å². The second-order valence-corrected chi connectivity index (χ2v) is 3.89. The lowest BCUT2D eigenvalue weighted by molar-refractivity contribution is -0.208. The van der Waals surface area contributed by atoms with Gasteiger partial charge in [-0.25, -0.2) is 0 Å². The second kappa shape index (κ2) is 4.45. The maximum absolute atomic E-state index is 12.4. The summed E-state index contributed by atoms with van der Waals surface area (Å²) >= 11 is 0. The van der Waals surface area contributed by atoms with E-state index in [1.165, 1.54) is 13.1 Å². The van der Waals surface area contributed by atoms with Crippen molar-refractivity contribution in [2.45, 2.75) is 12.3 Å². The zero-order valence-corrected chi connectivity index (χ0v) is 9.52. The summed E-state index contributed by atoms with van der Waals surface area (Å²) in [6.07, 6.45) is -7.21. The quantitative estimate of drug-likeness (QED) is 0.897. The second-order valence-electron chi connectivity index (χ2n) is 3.89. The molecule has 0 amide bonds. The molecule has 1 atom stereocenters. The molecule has 18 heavy (non-hydrogen) atoms. The monoisotopic (exact) mass is 256 g/mol. The zero-order valence-electron chi connectivity index (χ0n) is 9.52. The molecule has 0 bridgehead atoms. The van der Waals surface area contributed by atoms with Crippen LogP contribution >= 0.6 is 0 Å². The molecule has 0 fully saturated rings. The highest BCUT2D eigenvalue weighted by Gasteiger charge is 2.41. The first-order valence-corrected chi connectivity index (χ1v) is 5.23. The summed E-state index contributed by atoms with van der Waals surface area (Å²) in [6, 6.07) is 10.1. The standard InChI is InChI=1S/C12H11F3N2O/c1-17-10(11(18)12(13,14)15)7-9(16-17)8-5-3-2-4-6-8/h2-7,11,18H,1H3. The molecule has 1 aromatic carbocycles. The maximum Gasteiger partial charge on any atom is 0.420 e. The third-order valence-electron chi connectivity index (χ3n) is 2.58. The van der Waals surface area contributed by atoms with Crippen LogP contribution in [-0.2, 0) is 7.05 Å². The zero-order chi connectivity index (χ0) is 13.3. The Labute approximate surface area is 101 Å². The van der Waals surface area contributed by atoms with Crippen molar-refractivity contribution >= 4 is 0 Å². The minimum absolute atomic E-state index is 0.277. The van der Waals surface area contributed by atoms with Gasteiger partial charge in [0, 0.05) is 12.6 Å². The van der Waals surface area contributed by atoms with Crippen LogP contribution in [0.4, 0.5) is 13.2 Å². The first kappa shape index (κ1) is 12.6. The van der Waals surface area contributed by atoms with E-state index in [9.17, 15) is 18.3 Å². The summed E-state index contributed by atoms with van der Waals surface area (Å²) in [5.41, 5.74) is 0.825. The number of aliphatic hydroxyl groups excluding tert-OH is 1. The van der Waals surface area contributed by atoms with Crippen LogP contribution in [0, 0.1) is 0 Å². The molecule has 2 rings (SSSR count). The Hall–Kier alpha value is -1.82. The largest absolute Gasteiger partial charge is 0.420 e. The number of hydrogen-bond donors (Lipinski definition) is 1. The van der Waals surface area contributed by atoms with Crippen LogP contribution in [0.3, 0.4) is 0 Å². The van der Waals surface area contributed by atoms with Crippen molar-refractivity contribution in [3.8, 4) is 11.3 Å². The van der Waals surface area contributed by atoms with Crippen molar-refractivity contribution in [2.24, 2.45) is 7.05 Å². The van der Waals surface area contributed by atoms with Crippen molar-refractivity contribution in [3.05, 3.63) is 42.1 Å². The lowest BCUT2D eigenvalue weighted by Crippen LogP contribution is -2.22. The number of alkyl halides is 3. The van der Waals surface area contributed by atoms with Crippen molar-refractivity contribution in [1.82, 2.24) is 9.78 Å². The van der Waals surface area contributed by atoms with Crippen LogP contribution in [0.1, 0.15) is 11.8 Å². The van der Waals surface area contributed by atoms with Gasteiger partial charge in [0.1, 0.15) is 0 Å². The SMILES string of the molecule is Cn1nc(-c2ccccc2)cc1C(O)C(F)(F)F. The molecule has 1 heterocycles. The van der Waals surface area contributed by atoms with Gasteiger partial charge in [0.2, 0.25) is 0 Å². The van der Waals surface area contributed by atoms with Crippen LogP contribution in [0.5, 0.6) is 0 Å². The van der Waals surface area contributed by atoms with Gasteiger partial charge in [-0.2, -0.15) is 18.3 Å². The lowest BCUT2D eigenvalue weighted by atomic mass is 10.1. The van der Waals surface area contributed by atoms with Crippen molar-refractivity contribution < 1.29 is 18.3 Å². The third kappa shape index (κ3) is 2.38. The van der Waals surface area contributed by atoms with E-state index < -0.39 is 12.3 Å². The van der Waals surface area contributed by atoms with Gasteiger partial charge in [0.25, 0.3) is 0 Å². The van der Waals surface area contributed by atoms with Crippen LogP contribution in [0.15, 0.2) is 36.4 Å². The average molecular weight is 256 g/mol. The fourth-order valence-corrected chi connectivity index (χ4v) is 1.66. The molecule has 0 aliphatic rings. The summed E-state index contributed by atoms with van der Waals surface area (Å²) in [6.45, 7) is 0. The molecule has 6 heteroatoms. The van der Waals surface area contributed by atoms with E-state index >= 15 is 0 Å². The van der Waals surface area contributed by atoms with Crippen LogP contribution in [0.25, 0.3) is 11.3 Å². The molecule has 1 aromatic heterocycles. The molecule has 96 valence electrons. The smallest absolute Gasteiger partial charge is 0.378 e. The van der Waals surface area contributed by atoms with Gasteiger partial charge in [0.15, 0.2) is 6.10 Å². The molecule has 1 N–H and O–H groups in total. The summed E-state index contributed by atoms with van der Waals surface area (Å²) in [7, 11) is 1.37. The first-order chi connectivity index (χ1) is 8.39. The van der Waals surface area contributed by atoms with Crippen molar-refractivity contribution in [1.29, 1.82) is 0 Å². The number of halogens is 3. The molecular formula is C12H11F3N2O. The predicted octanol–water partition coefficient (Wildman–Crippen LogP) is 2.68. The minimum Gasteiger partial charge on any atom is -0.378 e. The predicted molar refractivity (Wildman–Crippen MR) is 59.7 cm³/mol. The highest BCUT2D eigenvalue weighted by atomic mass is 19.4. The Morgan fingerprint density at radius 2 is 1.83 bits per heavy atom. The number of rotatable bonds is 2. The Bertz CT molecular complexity index is 534. The number of hydrogen-bond acceptors (Lipinski definition) is 2. The molecule has 0 radical (unpaired) electrons. The number of aromatic nitrogens is 2. The Morgan fingerprint density at radius 1 is 1.22 bits per heavy atom. The van der Waals surface area contributed by atoms with E-state index in [4.69, 9.17) is 0 Å². The van der Waals surface area contributed by atoms with E-state index in [0.29, 0.717) is 11.3 Å². The Morgan fingerprint density at radius 3 is 2.39 bits per heavy atom. The van der Waals surface area contributed by atoms with Gasteiger partial charge in [-0.15, -0.1) is 0 Å². The topological polar surface area (TPSA) is 38.0 Å². The van der Waals surface area contributed by atoms with E-state index in [1.807, 2.05) is 0 Å². The van der Waals surface area contributed by atoms with Gasteiger partial charge < -0.3 is 5.11 Å². The van der Waals surface area contributed by atoms with E-state index in [0.717, 1.165) is 4.68 Å². The third-order valence-corrected chi connectivity index (χ3v) is 2.58. The number of benzene rings is 1. The van der Waals surface area contributed by atoms with E-state index in [-0.39, 0.29) is 5.69 Å². The fourth-order valence-electron chi connectivity index (χ4n) is 1.66. The number of aryl methyl sites for hydroxylation is 1. The van der Waals surface area contributed by atoms with Crippen molar-refractivity contribution in [3.63, 3.8) is 0 Å². The van der Waals surface area contributed by atoms with Gasteiger partial charge in [-0.3, -0.25) is 4.68 Å². The minimum atomic E-state index is -4.69. The first-order valence-electron chi connectivity index (χ1n) is 5.23. The molecule has 1 unspecified atom stereocenters. The van der Waals surface area contributed by atoms with Crippen LogP contribution < -0.4 is 0 Å². The summed E-state index contributed by atoms with van der Waals surface area (Å²) in [4.78, 5) is 0. The fraction of sp³-hybridized carbons (Fsp3) is 0.250. The normalized spacial score (nSPS) is 13.6. The van der Waals surface area contributed by atoms with Gasteiger partial charge in [-0.1, -0.05) is 30.3 Å². The molecule has 0 spiro atoms. The summed E-state index contributed by atoms with van der Waals surface area (Å²) < 4.78 is 38.3. The Balaban J connectivity index is 2.39. The average Bonchev–Trinajstić information content (AvgIpc) is 2.70. The highest BCUT2D eigenvalue weighted by Crippen LogP contribution is 2.33. The molecular weight excluding hydrogens is 245 g/mol. The molecule has 0 aliphatic heterocycles. The summed E-state index contributed by atoms with van der Waals surface area (Å²) in [5.74, 6) is 0. The molecule has 0 aliphatic carbocycles. The van der Waals surface area contributed by atoms with E-state index in [1.54, 1.807) is 30.3 Å². The summed E-state index contributed by atoms with van der Waals surface area (Å²) in [5, 5.41) is 13.2. The van der Waals surface area contributed by atoms with Crippen LogP contribution in [0.2, 0.25) is 0 Å². The van der Waals surface area contributed by atoms with Crippen molar-refractivity contribution in [2.75, 3.05) is 0 Å². The van der Waals surface area contributed by atoms with Crippen LogP contribution in [-0.4, -0.2) is 21.1 Å². The molecule has 0 saturated carbocycles. The lowest BCUT2D eigenvalue weighted by Gasteiger charge is -2.13. The number of aliphatic hydroxyl groups is 1. The Kier molecular flexibility index (Phi) is 3.13. The molecule has 2 aromatic rings. The molecule has 0 saturated heterocycles. The highest BCUT2D eigenvalue weighted by molar-refractivity contribution is 5.59. The number of nitrogens with zero attached hydrogens (tertiary/aromatic N) is 2. The maximum atomic E-state index is 12.4. The van der Waals surface area contributed by atoms with Gasteiger partial charge in [-0.05, 0) is 6.07 Å². The van der Waals surface area contributed by atoms with Gasteiger partial charge in [0.05, 0.1) is 11.4 Å².